The van der Waals surface area contributed by atoms with Crippen LogP contribution in [0.2, 0.25) is 0 Å². The van der Waals surface area contributed by atoms with Gasteiger partial charge < -0.3 is 32.8 Å². The van der Waals surface area contributed by atoms with E-state index in [9.17, 15) is 12.3 Å². The minimum Gasteiger partial charge on any atom is -0.517 e. The molecule has 0 aromatic heterocycles. The van der Waals surface area contributed by atoms with Crippen molar-refractivity contribution in [2.24, 2.45) is 0 Å². The summed E-state index contributed by atoms with van der Waals surface area (Å²) in [5.74, 6) is 0. The molecule has 0 saturated heterocycles. The first-order valence-electron chi connectivity index (χ1n) is 1.85. The third kappa shape index (κ3) is 2100. The molecule has 0 heterocycles. The topological polar surface area (TPSA) is 217 Å². The van der Waals surface area contributed by atoms with Crippen LogP contribution in [-0.4, -0.2) is 42.2 Å². The van der Waals surface area contributed by atoms with E-state index in [1.54, 1.807) is 0 Å². The summed E-state index contributed by atoms with van der Waals surface area (Å²) in [6.45, 7) is 0. The van der Waals surface area contributed by atoms with Crippen LogP contribution in [0.1, 0.15) is 0 Å². The van der Waals surface area contributed by atoms with Crippen LogP contribution in [-0.2, 0) is 13.4 Å². The fourth-order valence-electron chi connectivity index (χ4n) is 0. The summed E-state index contributed by atoms with van der Waals surface area (Å²) >= 11 is 0. The maximum Gasteiger partial charge on any atom is 0.734 e. The average Bonchev–Trinajstić information content (AvgIpc) is 1.54. The van der Waals surface area contributed by atoms with Gasteiger partial charge in [0, 0.05) is 0 Å². The molecule has 0 aliphatic rings. The Hall–Kier alpha value is -0.879. The molecule has 0 rings (SSSR count). The van der Waals surface area contributed by atoms with Crippen molar-refractivity contribution in [1.82, 2.24) is 18.5 Å². The molecule has 15 heavy (non-hydrogen) atoms. The molecule has 0 amide bonds. The zero-order valence-electron chi connectivity index (χ0n) is 7.32. The van der Waals surface area contributed by atoms with Crippen molar-refractivity contribution in [1.29, 1.82) is 0 Å². The molecule has 0 aliphatic heterocycles. The molecule has 15 heteroatoms. The third-order valence-corrected chi connectivity index (χ3v) is 0. The predicted molar refractivity (Wildman–Crippen MR) is 44.4 cm³/mol. The van der Waals surface area contributed by atoms with E-state index in [4.69, 9.17) is 27.8 Å². The van der Waals surface area contributed by atoms with Crippen molar-refractivity contribution in [3.8, 4) is 0 Å². The van der Waals surface area contributed by atoms with Crippen LogP contribution in [0.5, 0.6) is 0 Å². The minimum absolute atomic E-state index is 0. The maximum atomic E-state index is 10.1. The Morgan fingerprint density at radius 1 is 0.600 bits per heavy atom. The van der Waals surface area contributed by atoms with Gasteiger partial charge in [-0.05, 0) is 0 Å². The van der Waals surface area contributed by atoms with E-state index in [0.717, 1.165) is 0 Å². The molecule has 0 unspecified atom stereocenters. The standard InChI is InChI=1S/3FHO2Si.3H3N/c3*1-4(2)3;;;/h3*2H;3*1H3. The monoisotopic (exact) mass is 291 g/mol. The Balaban J connectivity index is -0.0000000184. The highest BCUT2D eigenvalue weighted by Crippen LogP contribution is 1.47. The molecule has 9 nitrogen and oxygen atoms in total. The minimum atomic E-state index is -3.63. The van der Waals surface area contributed by atoms with E-state index in [1.807, 2.05) is 0 Å². The summed E-state index contributed by atoms with van der Waals surface area (Å²) in [6.07, 6.45) is 0. The van der Waals surface area contributed by atoms with Gasteiger partial charge >= 0.3 is 27.8 Å². The van der Waals surface area contributed by atoms with E-state index in [-0.39, 0.29) is 18.5 Å². The van der Waals surface area contributed by atoms with Crippen LogP contribution in [0.25, 0.3) is 0 Å². The first-order valence-corrected chi connectivity index (χ1v) is 5.55. The normalized spacial score (nSPS) is 5.00. The van der Waals surface area contributed by atoms with Crippen LogP contribution in [0.3, 0.4) is 0 Å². The molecule has 0 bridgehead atoms. The lowest BCUT2D eigenvalue weighted by atomic mass is 14.0. The molecule has 0 aliphatic carbocycles. The van der Waals surface area contributed by atoms with Crippen LogP contribution >= 0.6 is 0 Å². The lowest BCUT2D eigenvalue weighted by molar-refractivity contribution is 0.388. The molecule has 0 radical (unpaired) electrons. The number of hydrogen-bond acceptors (Lipinski definition) is 6. The van der Waals surface area contributed by atoms with E-state index in [0.29, 0.717) is 0 Å². The van der Waals surface area contributed by atoms with Gasteiger partial charge in [-0.1, -0.05) is 0 Å². The Morgan fingerprint density at radius 3 is 0.600 bits per heavy atom. The van der Waals surface area contributed by atoms with E-state index < -0.39 is 27.8 Å². The molecular formula is H12F3N3O6Si3. The Bertz CT molecular complexity index is 126. The van der Waals surface area contributed by atoms with Crippen molar-refractivity contribution >= 4 is 27.8 Å². The lowest BCUT2D eigenvalue weighted by Gasteiger charge is -1.49. The van der Waals surface area contributed by atoms with Gasteiger partial charge in [-0.2, -0.15) is 12.3 Å². The smallest absolute Gasteiger partial charge is 0.517 e. The van der Waals surface area contributed by atoms with Gasteiger partial charge in [0.15, 0.2) is 0 Å². The molecule has 0 saturated carbocycles. The van der Waals surface area contributed by atoms with Gasteiger partial charge in [-0.25, -0.2) is 0 Å². The van der Waals surface area contributed by atoms with Crippen molar-refractivity contribution in [2.75, 3.05) is 0 Å². The highest BCUT2D eigenvalue weighted by Gasteiger charge is 1.88. The fraction of sp³-hybridized carbons (Fsp3) is 0. The second kappa shape index (κ2) is 29.2. The van der Waals surface area contributed by atoms with E-state index in [1.165, 1.54) is 0 Å². The highest BCUT2D eigenvalue weighted by atomic mass is 28.3. The molecule has 0 aromatic carbocycles. The molecule has 0 atom stereocenters. The quantitative estimate of drug-likeness (QED) is 0.227. The number of hydrogen-bond donors (Lipinski definition) is 6. The van der Waals surface area contributed by atoms with Gasteiger partial charge in [0.2, 0.25) is 0 Å². The van der Waals surface area contributed by atoms with Crippen molar-refractivity contribution in [3.05, 3.63) is 0 Å². The Kier molecular flexibility index (Phi) is 71.8. The largest absolute Gasteiger partial charge is 0.734 e. The SMILES string of the molecule is N.N.N.O=[Si](O)F.O=[Si](O)F.O=[Si](O)F. The molecule has 0 spiro atoms. The zero-order chi connectivity index (χ0) is 10.7. The van der Waals surface area contributed by atoms with Gasteiger partial charge in [-0.15, -0.1) is 0 Å². The zero-order valence-corrected chi connectivity index (χ0v) is 10.3. The third-order valence-electron chi connectivity index (χ3n) is 0. The molecule has 12 N–H and O–H groups in total. The summed E-state index contributed by atoms with van der Waals surface area (Å²) in [7, 11) is -10.9. The van der Waals surface area contributed by atoms with Gasteiger partial charge in [0.05, 0.1) is 0 Å². The molecule has 0 aromatic rings. The maximum absolute atomic E-state index is 10.1. The molecule has 0 fully saturated rings. The number of rotatable bonds is 0. The van der Waals surface area contributed by atoms with Crippen molar-refractivity contribution in [3.63, 3.8) is 0 Å². The van der Waals surface area contributed by atoms with E-state index >= 15 is 0 Å². The summed E-state index contributed by atoms with van der Waals surface area (Å²) < 4.78 is 55.9. The average molecular weight is 291 g/mol. The second-order valence-electron chi connectivity index (χ2n) is 0.759. The summed E-state index contributed by atoms with van der Waals surface area (Å²) in [5.41, 5.74) is 0. The number of halogens is 3. The van der Waals surface area contributed by atoms with Gasteiger partial charge in [-0.3, -0.25) is 13.4 Å². The van der Waals surface area contributed by atoms with Crippen LogP contribution in [0.4, 0.5) is 12.3 Å². The predicted octanol–water partition coefficient (Wildman–Crippen LogP) is -1.42. The first kappa shape index (κ1) is 36.9. The highest BCUT2D eigenvalue weighted by molar-refractivity contribution is 6.23. The summed E-state index contributed by atoms with van der Waals surface area (Å²) in [5, 5.41) is 0. The summed E-state index contributed by atoms with van der Waals surface area (Å²) in [4.78, 5) is 20.8. The fourth-order valence-corrected chi connectivity index (χ4v) is 0. The Labute approximate surface area is 87.2 Å². The second-order valence-corrected chi connectivity index (χ2v) is 2.28. The Morgan fingerprint density at radius 2 is 0.600 bits per heavy atom. The van der Waals surface area contributed by atoms with Crippen LogP contribution in [0.15, 0.2) is 0 Å². The summed E-state index contributed by atoms with van der Waals surface area (Å²) in [6, 6.07) is 0. The molecule has 96 valence electrons. The van der Waals surface area contributed by atoms with Crippen molar-refractivity contribution < 1.29 is 40.1 Å². The van der Waals surface area contributed by atoms with Crippen molar-refractivity contribution in [2.45, 2.75) is 0 Å². The van der Waals surface area contributed by atoms with Crippen LogP contribution in [0, 0.1) is 0 Å². The first-order chi connectivity index (χ1) is 5.20. The lowest BCUT2D eigenvalue weighted by Crippen LogP contribution is -1.79. The van der Waals surface area contributed by atoms with Gasteiger partial charge in [0.25, 0.3) is 0 Å². The van der Waals surface area contributed by atoms with Crippen LogP contribution < -0.4 is 18.5 Å². The van der Waals surface area contributed by atoms with E-state index in [2.05, 4.69) is 0 Å². The van der Waals surface area contributed by atoms with Gasteiger partial charge in [0.1, 0.15) is 0 Å². The molecular weight excluding hydrogens is 279 g/mol.